The van der Waals surface area contributed by atoms with Gasteiger partial charge in [0.25, 0.3) is 10.0 Å². The first-order chi connectivity index (χ1) is 14.2. The summed E-state index contributed by atoms with van der Waals surface area (Å²) in [6.07, 6.45) is 0. The number of amides is 2. The molecule has 0 heterocycles. The molecule has 2 amide bonds. The van der Waals surface area contributed by atoms with Crippen molar-refractivity contribution in [3.05, 3.63) is 42.5 Å². The lowest BCUT2D eigenvalue weighted by molar-refractivity contribution is -0.117. The van der Waals surface area contributed by atoms with Gasteiger partial charge in [0.1, 0.15) is 5.69 Å². The van der Waals surface area contributed by atoms with E-state index in [1.165, 1.54) is 31.2 Å². The third kappa shape index (κ3) is 6.11. The van der Waals surface area contributed by atoms with Crippen LogP contribution in [0.4, 0.5) is 22.7 Å². The van der Waals surface area contributed by atoms with Crippen LogP contribution in [-0.4, -0.2) is 33.3 Å². The number of sulfonamides is 1. The lowest BCUT2D eigenvalue weighted by atomic mass is 10.2. The second kappa shape index (κ2) is 9.97. The van der Waals surface area contributed by atoms with Crippen molar-refractivity contribution < 1.29 is 18.0 Å². The summed E-state index contributed by atoms with van der Waals surface area (Å²) in [5, 5.41) is 11.1. The predicted molar refractivity (Wildman–Crippen MR) is 116 cm³/mol. The normalized spacial score (nSPS) is 11.3. The largest absolute Gasteiger partial charge is 0.372 e. The summed E-state index contributed by atoms with van der Waals surface area (Å²) in [6, 6.07) is 11.1. The van der Waals surface area contributed by atoms with Crippen LogP contribution in [0.25, 0.3) is 0 Å². The van der Waals surface area contributed by atoms with E-state index in [-0.39, 0.29) is 10.8 Å². The zero-order valence-corrected chi connectivity index (χ0v) is 18.2. The molecular weight excluding hydrogens is 406 g/mol. The number of nitrogens with one attached hydrogen (secondary N) is 2. The van der Waals surface area contributed by atoms with Crippen molar-refractivity contribution in [2.75, 3.05) is 23.3 Å². The third-order valence-electron chi connectivity index (χ3n) is 4.12. The molecule has 0 fully saturated rings. The Morgan fingerprint density at radius 1 is 0.933 bits per heavy atom. The van der Waals surface area contributed by atoms with Crippen molar-refractivity contribution in [1.29, 1.82) is 0 Å². The smallest absolute Gasteiger partial charge is 0.264 e. The minimum Gasteiger partial charge on any atom is -0.372 e. The molecule has 2 N–H and O–H groups in total. The maximum absolute atomic E-state index is 12.0. The molecule has 0 saturated heterocycles. The second-order valence-corrected chi connectivity index (χ2v) is 8.09. The predicted octanol–water partition coefficient (Wildman–Crippen LogP) is 3.73. The van der Waals surface area contributed by atoms with Crippen molar-refractivity contribution >= 4 is 44.6 Å². The highest BCUT2D eigenvalue weighted by atomic mass is 32.2. The molecule has 9 nitrogen and oxygen atoms in total. The van der Waals surface area contributed by atoms with E-state index in [1.807, 2.05) is 30.7 Å². The van der Waals surface area contributed by atoms with Gasteiger partial charge in [0.2, 0.25) is 11.8 Å². The molecule has 2 aromatic rings. The second-order valence-electron chi connectivity index (χ2n) is 6.41. The van der Waals surface area contributed by atoms with E-state index < -0.39 is 15.9 Å². The van der Waals surface area contributed by atoms with Gasteiger partial charge in [-0.2, -0.15) is 5.11 Å². The first-order valence-corrected chi connectivity index (χ1v) is 10.9. The van der Waals surface area contributed by atoms with Crippen LogP contribution in [-0.2, 0) is 19.6 Å². The summed E-state index contributed by atoms with van der Waals surface area (Å²) >= 11 is 0. The molecule has 2 aromatic carbocycles. The Balaban J connectivity index is 2.30. The molecule has 0 atom stereocenters. The van der Waals surface area contributed by atoms with Crippen LogP contribution in [0.3, 0.4) is 0 Å². The summed E-state index contributed by atoms with van der Waals surface area (Å²) in [5.74, 6) is -0.895. The van der Waals surface area contributed by atoms with Gasteiger partial charge in [0.15, 0.2) is 0 Å². The van der Waals surface area contributed by atoms with Gasteiger partial charge < -0.3 is 10.2 Å². The molecule has 0 spiro atoms. The molecular formula is C20H25N5O4S. The number of rotatable bonds is 8. The summed E-state index contributed by atoms with van der Waals surface area (Å²) in [5.41, 5.74) is 2.37. The molecule has 0 saturated carbocycles. The first-order valence-electron chi connectivity index (χ1n) is 9.38. The highest BCUT2D eigenvalue weighted by molar-refractivity contribution is 7.90. The number of hydrogen-bond acceptors (Lipinski definition) is 7. The highest BCUT2D eigenvalue weighted by Gasteiger charge is 2.15. The number of hydrogen-bond donors (Lipinski definition) is 2. The van der Waals surface area contributed by atoms with E-state index in [9.17, 15) is 18.0 Å². The number of anilines is 2. The molecule has 0 bridgehead atoms. The average molecular weight is 432 g/mol. The molecule has 0 aromatic heterocycles. The van der Waals surface area contributed by atoms with Crippen molar-refractivity contribution in [3.8, 4) is 0 Å². The zero-order valence-electron chi connectivity index (χ0n) is 17.3. The summed E-state index contributed by atoms with van der Waals surface area (Å²) < 4.78 is 25.9. The third-order valence-corrected chi connectivity index (χ3v) is 5.57. The van der Waals surface area contributed by atoms with Crippen LogP contribution in [0, 0.1) is 0 Å². The first kappa shape index (κ1) is 23.0. The minimum absolute atomic E-state index is 0.0563. The maximum atomic E-state index is 12.0. The quantitative estimate of drug-likeness (QED) is 0.617. The van der Waals surface area contributed by atoms with Gasteiger partial charge in [-0.05, 0) is 56.3 Å². The average Bonchev–Trinajstić information content (AvgIpc) is 2.67. The number of carbonyl (C=O) groups is 2. The molecule has 0 unspecified atom stereocenters. The fourth-order valence-corrected chi connectivity index (χ4v) is 3.73. The monoisotopic (exact) mass is 431 g/mol. The van der Waals surface area contributed by atoms with Crippen LogP contribution in [0.5, 0.6) is 0 Å². The van der Waals surface area contributed by atoms with Crippen LogP contribution in [0.1, 0.15) is 27.7 Å². The number of carbonyl (C=O) groups excluding carboxylic acids is 2. The van der Waals surface area contributed by atoms with Crippen LogP contribution in [0.15, 0.2) is 57.6 Å². The summed E-state index contributed by atoms with van der Waals surface area (Å²) in [4.78, 5) is 24.7. The fraction of sp³-hybridized carbons (Fsp3) is 0.300. The van der Waals surface area contributed by atoms with Gasteiger partial charge in [-0.3, -0.25) is 9.59 Å². The molecule has 0 aliphatic carbocycles. The fourth-order valence-electron chi connectivity index (χ4n) is 2.74. The molecule has 2 rings (SSSR count). The lowest BCUT2D eigenvalue weighted by Gasteiger charge is -2.22. The van der Waals surface area contributed by atoms with Gasteiger partial charge in [-0.1, -0.05) is 0 Å². The van der Waals surface area contributed by atoms with E-state index in [0.717, 1.165) is 25.7 Å². The van der Waals surface area contributed by atoms with E-state index in [1.54, 1.807) is 6.07 Å². The van der Waals surface area contributed by atoms with Gasteiger partial charge in [0, 0.05) is 32.6 Å². The Hall–Kier alpha value is -3.27. The molecule has 10 heteroatoms. The van der Waals surface area contributed by atoms with Crippen molar-refractivity contribution in [2.24, 2.45) is 10.2 Å². The van der Waals surface area contributed by atoms with Gasteiger partial charge in [0.05, 0.1) is 16.3 Å². The van der Waals surface area contributed by atoms with E-state index in [2.05, 4.69) is 20.4 Å². The topological polar surface area (TPSA) is 120 Å². The van der Waals surface area contributed by atoms with E-state index >= 15 is 0 Å². The maximum Gasteiger partial charge on any atom is 0.264 e. The van der Waals surface area contributed by atoms with Gasteiger partial charge >= 0.3 is 0 Å². The van der Waals surface area contributed by atoms with Crippen molar-refractivity contribution in [1.82, 2.24) is 4.72 Å². The molecule has 0 radical (unpaired) electrons. The molecule has 0 aliphatic heterocycles. The van der Waals surface area contributed by atoms with Crippen LogP contribution < -0.4 is 14.9 Å². The Bertz CT molecular complexity index is 1050. The number of nitrogens with zero attached hydrogens (tertiary/aromatic N) is 3. The summed E-state index contributed by atoms with van der Waals surface area (Å²) in [6.45, 7) is 8.28. The number of benzene rings is 2. The number of azo groups is 1. The minimum atomic E-state index is -3.91. The van der Waals surface area contributed by atoms with Gasteiger partial charge in [-0.25, -0.2) is 13.1 Å². The standard InChI is InChI=1S/C20H25N5O4S/c1-5-25(6-2)17-9-12-19(20(13-17)21-14(3)26)23-22-16-7-10-18(11-8-16)30(28,29)24-15(4)27/h7-13H,5-6H2,1-4H3,(H,21,26)(H,24,27). The van der Waals surface area contributed by atoms with E-state index in [4.69, 9.17) is 0 Å². The SMILES string of the molecule is CCN(CC)c1ccc(N=Nc2ccc(S(=O)(=O)NC(C)=O)cc2)c(NC(C)=O)c1. The highest BCUT2D eigenvalue weighted by Crippen LogP contribution is 2.31. The van der Waals surface area contributed by atoms with Crippen molar-refractivity contribution in [2.45, 2.75) is 32.6 Å². The Labute approximate surface area is 176 Å². The van der Waals surface area contributed by atoms with Crippen LogP contribution in [0.2, 0.25) is 0 Å². The molecule has 160 valence electrons. The Morgan fingerprint density at radius 2 is 1.57 bits per heavy atom. The Morgan fingerprint density at radius 3 is 2.10 bits per heavy atom. The Kier molecular flexibility index (Phi) is 7.65. The lowest BCUT2D eigenvalue weighted by Crippen LogP contribution is -2.28. The van der Waals surface area contributed by atoms with Gasteiger partial charge in [-0.15, -0.1) is 5.11 Å². The molecule has 30 heavy (non-hydrogen) atoms. The summed E-state index contributed by atoms with van der Waals surface area (Å²) in [7, 11) is -3.91. The zero-order chi connectivity index (χ0) is 22.3. The van der Waals surface area contributed by atoms with E-state index in [0.29, 0.717) is 17.1 Å². The van der Waals surface area contributed by atoms with Crippen molar-refractivity contribution in [3.63, 3.8) is 0 Å². The van der Waals surface area contributed by atoms with Crippen LogP contribution >= 0.6 is 0 Å². The molecule has 0 aliphatic rings.